The van der Waals surface area contributed by atoms with Crippen LogP contribution >= 0.6 is 0 Å². The summed E-state index contributed by atoms with van der Waals surface area (Å²) in [5.74, 6) is 2.35. The van der Waals surface area contributed by atoms with E-state index in [2.05, 4.69) is 45.9 Å². The van der Waals surface area contributed by atoms with E-state index in [-0.39, 0.29) is 5.91 Å². The van der Waals surface area contributed by atoms with Crippen LogP contribution in [0.15, 0.2) is 28.8 Å². The van der Waals surface area contributed by atoms with Crippen LogP contribution in [-0.4, -0.2) is 76.6 Å². The molecule has 0 N–H and O–H groups in total. The topological polar surface area (TPSA) is 65.7 Å². The molecule has 2 aromatic rings. The molecule has 31 heavy (non-hydrogen) atoms. The number of piperazine rings is 1. The number of aryl methyl sites for hydroxylation is 1. The van der Waals surface area contributed by atoms with Gasteiger partial charge in [-0.3, -0.25) is 14.6 Å². The van der Waals surface area contributed by atoms with E-state index in [1.165, 1.54) is 18.4 Å². The van der Waals surface area contributed by atoms with Crippen LogP contribution in [0.1, 0.15) is 44.1 Å². The van der Waals surface area contributed by atoms with Gasteiger partial charge in [0.25, 0.3) is 0 Å². The first-order valence-corrected chi connectivity index (χ1v) is 11.6. The van der Waals surface area contributed by atoms with Crippen molar-refractivity contribution < 1.29 is 9.32 Å². The van der Waals surface area contributed by atoms with Crippen molar-refractivity contribution in [2.75, 3.05) is 39.8 Å². The molecule has 0 spiro atoms. The van der Waals surface area contributed by atoms with Crippen molar-refractivity contribution in [3.05, 3.63) is 35.7 Å². The van der Waals surface area contributed by atoms with Crippen molar-refractivity contribution in [3.8, 4) is 11.4 Å². The van der Waals surface area contributed by atoms with Gasteiger partial charge in [-0.2, -0.15) is 4.98 Å². The molecule has 2 aliphatic rings. The zero-order valence-electron chi connectivity index (χ0n) is 19.1. The molecule has 168 valence electrons. The zero-order valence-corrected chi connectivity index (χ0v) is 19.1. The minimum Gasteiger partial charge on any atom is -0.342 e. The quantitative estimate of drug-likeness (QED) is 0.708. The number of hydrogen-bond donors (Lipinski definition) is 0. The third kappa shape index (κ3) is 5.71. The zero-order chi connectivity index (χ0) is 21.8. The van der Waals surface area contributed by atoms with Crippen LogP contribution in [0.2, 0.25) is 0 Å². The summed E-state index contributed by atoms with van der Waals surface area (Å²) in [5, 5.41) is 4.13. The molecule has 0 unspecified atom stereocenters. The van der Waals surface area contributed by atoms with E-state index in [4.69, 9.17) is 4.52 Å². The molecule has 1 saturated heterocycles. The second-order valence-electron chi connectivity index (χ2n) is 9.35. The molecule has 1 aliphatic carbocycles. The molecule has 1 amide bonds. The number of nitrogens with zero attached hydrogens (tertiary/aromatic N) is 5. The number of aromatic nitrogens is 2. The minimum atomic E-state index is 0.257. The summed E-state index contributed by atoms with van der Waals surface area (Å²) in [6.07, 6.45) is 4.77. The highest BCUT2D eigenvalue weighted by molar-refractivity contribution is 5.78. The van der Waals surface area contributed by atoms with Crippen LogP contribution in [0.5, 0.6) is 0 Å². The van der Waals surface area contributed by atoms with Crippen LogP contribution in [0.4, 0.5) is 0 Å². The Bertz CT molecular complexity index is 849. The average molecular weight is 426 g/mol. The molecule has 1 aromatic heterocycles. The second-order valence-corrected chi connectivity index (χ2v) is 9.35. The molecule has 1 aliphatic heterocycles. The van der Waals surface area contributed by atoms with E-state index in [9.17, 15) is 4.79 Å². The normalized spacial score (nSPS) is 23.1. The van der Waals surface area contributed by atoms with Gasteiger partial charge in [-0.1, -0.05) is 41.9 Å². The van der Waals surface area contributed by atoms with Crippen molar-refractivity contribution in [1.82, 2.24) is 24.8 Å². The van der Waals surface area contributed by atoms with Crippen molar-refractivity contribution in [3.63, 3.8) is 0 Å². The largest absolute Gasteiger partial charge is 0.342 e. The van der Waals surface area contributed by atoms with Gasteiger partial charge in [0.1, 0.15) is 0 Å². The second kappa shape index (κ2) is 9.92. The first kappa shape index (κ1) is 22.0. The molecule has 0 bridgehead atoms. The van der Waals surface area contributed by atoms with Gasteiger partial charge in [0.15, 0.2) is 0 Å². The standard InChI is InChI=1S/C24H35N5O2/c1-18-4-8-20(9-5-18)24-25-22(31-26-24)16-28-12-14-29(15-13-28)17-23(30)27(3)21-10-6-19(2)7-11-21/h4-5,8-9,19,21H,6-7,10-17H2,1-3H3. The van der Waals surface area contributed by atoms with Crippen molar-refractivity contribution >= 4 is 5.91 Å². The molecule has 2 fully saturated rings. The Morgan fingerprint density at radius 3 is 2.39 bits per heavy atom. The summed E-state index contributed by atoms with van der Waals surface area (Å²) in [6, 6.07) is 8.57. The third-order valence-corrected chi connectivity index (χ3v) is 6.89. The lowest BCUT2D eigenvalue weighted by Crippen LogP contribution is -2.50. The van der Waals surface area contributed by atoms with Crippen LogP contribution < -0.4 is 0 Å². The van der Waals surface area contributed by atoms with Crippen LogP contribution in [0.25, 0.3) is 11.4 Å². The number of amides is 1. The molecule has 0 radical (unpaired) electrons. The van der Waals surface area contributed by atoms with Gasteiger partial charge in [0, 0.05) is 44.8 Å². The lowest BCUT2D eigenvalue weighted by Gasteiger charge is -2.37. The highest BCUT2D eigenvalue weighted by Crippen LogP contribution is 2.26. The highest BCUT2D eigenvalue weighted by atomic mass is 16.5. The lowest BCUT2D eigenvalue weighted by atomic mass is 9.87. The lowest BCUT2D eigenvalue weighted by molar-refractivity contribution is -0.134. The Labute approximate surface area is 185 Å². The Hall–Kier alpha value is -2.25. The Morgan fingerprint density at radius 2 is 1.71 bits per heavy atom. The average Bonchev–Trinajstić information content (AvgIpc) is 3.24. The summed E-state index contributed by atoms with van der Waals surface area (Å²) >= 11 is 0. The fraction of sp³-hybridized carbons (Fsp3) is 0.625. The molecule has 4 rings (SSSR count). The van der Waals surface area contributed by atoms with E-state index in [1.54, 1.807) is 0 Å². The first-order valence-electron chi connectivity index (χ1n) is 11.6. The molecular formula is C24H35N5O2. The molecule has 7 nitrogen and oxygen atoms in total. The van der Waals surface area contributed by atoms with Gasteiger partial charge < -0.3 is 9.42 Å². The highest BCUT2D eigenvalue weighted by Gasteiger charge is 2.27. The first-order chi connectivity index (χ1) is 15.0. The number of benzene rings is 1. The number of rotatable bonds is 6. The fourth-order valence-corrected chi connectivity index (χ4v) is 4.57. The Balaban J connectivity index is 1.22. The Kier molecular flexibility index (Phi) is 7.02. The minimum absolute atomic E-state index is 0.257. The molecule has 1 aromatic carbocycles. The van der Waals surface area contributed by atoms with E-state index in [0.717, 1.165) is 50.5 Å². The molecule has 0 atom stereocenters. The van der Waals surface area contributed by atoms with Crippen LogP contribution in [0.3, 0.4) is 0 Å². The number of hydrogen-bond acceptors (Lipinski definition) is 6. The SMILES string of the molecule is Cc1ccc(-c2noc(CN3CCN(CC(=O)N(C)C4CCC(C)CC4)CC3)n2)cc1. The fourth-order valence-electron chi connectivity index (χ4n) is 4.57. The predicted octanol–water partition coefficient (Wildman–Crippen LogP) is 3.20. The maximum absolute atomic E-state index is 12.8. The third-order valence-electron chi connectivity index (χ3n) is 6.89. The number of carbonyl (C=O) groups excluding carboxylic acids is 1. The summed E-state index contributed by atoms with van der Waals surface area (Å²) in [4.78, 5) is 23.9. The van der Waals surface area contributed by atoms with Gasteiger partial charge in [0.2, 0.25) is 17.6 Å². The summed E-state index contributed by atoms with van der Waals surface area (Å²) in [6.45, 7) is 9.14. The predicted molar refractivity (Wildman–Crippen MR) is 120 cm³/mol. The van der Waals surface area contributed by atoms with Gasteiger partial charge in [-0.05, 0) is 38.5 Å². The molecule has 2 heterocycles. The van der Waals surface area contributed by atoms with E-state index >= 15 is 0 Å². The number of likely N-dealkylation sites (N-methyl/N-ethyl adjacent to an activating group) is 1. The van der Waals surface area contributed by atoms with Crippen molar-refractivity contribution in [2.24, 2.45) is 5.92 Å². The maximum atomic E-state index is 12.8. The van der Waals surface area contributed by atoms with Crippen molar-refractivity contribution in [1.29, 1.82) is 0 Å². The summed E-state index contributed by atoms with van der Waals surface area (Å²) in [7, 11) is 1.99. The van der Waals surface area contributed by atoms with E-state index in [1.807, 2.05) is 24.1 Å². The van der Waals surface area contributed by atoms with Gasteiger partial charge in [0.05, 0.1) is 13.1 Å². The van der Waals surface area contributed by atoms with Crippen molar-refractivity contribution in [2.45, 2.75) is 52.1 Å². The summed E-state index contributed by atoms with van der Waals surface area (Å²) in [5.41, 5.74) is 2.18. The molecular weight excluding hydrogens is 390 g/mol. The molecule has 1 saturated carbocycles. The van der Waals surface area contributed by atoms with Crippen LogP contribution in [-0.2, 0) is 11.3 Å². The summed E-state index contributed by atoms with van der Waals surface area (Å²) < 4.78 is 5.47. The maximum Gasteiger partial charge on any atom is 0.241 e. The monoisotopic (exact) mass is 425 g/mol. The van der Waals surface area contributed by atoms with E-state index < -0.39 is 0 Å². The van der Waals surface area contributed by atoms with Gasteiger partial charge in [-0.25, -0.2) is 0 Å². The van der Waals surface area contributed by atoms with Gasteiger partial charge in [-0.15, -0.1) is 0 Å². The van der Waals surface area contributed by atoms with Gasteiger partial charge >= 0.3 is 0 Å². The molecule has 7 heteroatoms. The smallest absolute Gasteiger partial charge is 0.241 e. The Morgan fingerprint density at radius 1 is 1.06 bits per heavy atom. The number of carbonyl (C=O) groups is 1. The van der Waals surface area contributed by atoms with Crippen LogP contribution in [0, 0.1) is 12.8 Å². The van der Waals surface area contributed by atoms with E-state index in [0.29, 0.717) is 30.8 Å².